The van der Waals surface area contributed by atoms with Gasteiger partial charge in [0.2, 0.25) is 29.5 Å². The summed E-state index contributed by atoms with van der Waals surface area (Å²) in [5, 5.41) is 26.2. The average Bonchev–Trinajstić information content (AvgIpc) is 3.18. The van der Waals surface area contributed by atoms with Crippen molar-refractivity contribution in [1.82, 2.24) is 42.5 Å². The van der Waals surface area contributed by atoms with Crippen molar-refractivity contribution in [3.8, 4) is 0 Å². The van der Waals surface area contributed by atoms with Crippen LogP contribution in [0, 0.1) is 0 Å². The van der Waals surface area contributed by atoms with E-state index in [-0.39, 0.29) is 51.5 Å². The molecule has 0 bridgehead atoms. The van der Waals surface area contributed by atoms with Crippen molar-refractivity contribution in [2.75, 3.05) is 19.6 Å². The summed E-state index contributed by atoms with van der Waals surface area (Å²) in [6.45, 7) is 0.141. The summed E-state index contributed by atoms with van der Waals surface area (Å²) in [5.41, 5.74) is 5.16. The Hall–Kier alpha value is -6.76. The molecule has 1 aromatic rings. The number of hydrogen-bond donors (Lipinski definition) is 10. The Labute approximate surface area is 349 Å². The van der Waals surface area contributed by atoms with Crippen LogP contribution in [0.4, 0.5) is 26.3 Å². The maximum atomic E-state index is 13.8. The predicted molar refractivity (Wildman–Crippen MR) is 203 cm³/mol. The summed E-state index contributed by atoms with van der Waals surface area (Å²) in [7, 11) is 0. The number of guanidine groups is 1. The van der Waals surface area contributed by atoms with Crippen LogP contribution in [0.1, 0.15) is 63.9 Å². The quantitative estimate of drug-likeness (QED) is 0.0319. The maximum absolute atomic E-state index is 13.8. The van der Waals surface area contributed by atoms with E-state index < -0.39 is 121 Å². The molecule has 0 spiro atoms. The van der Waals surface area contributed by atoms with Gasteiger partial charge in [-0.3, -0.25) is 53.5 Å². The number of carboxylic acid groups (broad SMARTS) is 1. The van der Waals surface area contributed by atoms with E-state index in [0.717, 1.165) is 0 Å². The Morgan fingerprint density at radius 3 is 2.10 bits per heavy atom. The molecule has 0 radical (unpaired) electrons. The van der Waals surface area contributed by atoms with Crippen molar-refractivity contribution in [3.63, 3.8) is 0 Å². The highest BCUT2D eigenvalue weighted by molar-refractivity contribution is 6.05. The van der Waals surface area contributed by atoms with E-state index >= 15 is 0 Å². The summed E-state index contributed by atoms with van der Waals surface area (Å²) in [6, 6.07) is 1.45. The number of aliphatic carboxylic acids is 1. The first-order chi connectivity index (χ1) is 29.0. The fraction of sp³-hybridized carbons (Fsp3) is 0.500. The monoisotopic (exact) mass is 892 g/mol. The molecule has 26 heteroatoms. The first-order valence-electron chi connectivity index (χ1n) is 18.8. The van der Waals surface area contributed by atoms with Gasteiger partial charge in [-0.2, -0.15) is 26.3 Å². The smallest absolute Gasteiger partial charge is 0.471 e. The van der Waals surface area contributed by atoms with Crippen LogP contribution >= 0.6 is 0 Å². The second kappa shape index (κ2) is 24.5. The van der Waals surface area contributed by atoms with Gasteiger partial charge in [0.25, 0.3) is 5.91 Å². The van der Waals surface area contributed by atoms with Gasteiger partial charge in [0.1, 0.15) is 29.9 Å². The number of halogens is 6. The normalized spacial score (nSPS) is 19.6. The highest BCUT2D eigenvalue weighted by Gasteiger charge is 2.41. The molecular formula is C36H46F6N10O10. The zero-order valence-electron chi connectivity index (χ0n) is 33.0. The number of carbonyl (C=O) groups is 9. The summed E-state index contributed by atoms with van der Waals surface area (Å²) in [4.78, 5) is 118. The molecule has 20 nitrogen and oxygen atoms in total. The highest BCUT2D eigenvalue weighted by Crippen LogP contribution is 2.16. The second-order valence-electron chi connectivity index (χ2n) is 13.4. The van der Waals surface area contributed by atoms with Crippen LogP contribution in [-0.4, -0.2) is 120 Å². The van der Waals surface area contributed by atoms with E-state index in [1.54, 1.807) is 30.4 Å². The van der Waals surface area contributed by atoms with Crippen molar-refractivity contribution in [2.45, 2.75) is 94.8 Å². The standard InChI is InChI=1S/C36H46F6N10O10/c1-2-9-20(51-32(61)35(37,38)39)27(56)44-14-7-6-12-22-29(58)48-21(13-8-15-45-34(43)52-33(62)36(40,41)42)28(57)46-18-25(53)47-24(17-26(54)55)31(60)50-23(30(59)49-22)16-19-10-4-3-5-11-19/h3-5,10-11,16,20-22,24H,2,6-9,12-15,17-18H2,1H3,(H,44,56)(H,46,57)(H,47,53)(H,48,58)(H,49,59)(H,50,60)(H,51,61)(H,54,55)(H3,43,45,52,62)/t20-,21-,22-,24-/m0/s1. The van der Waals surface area contributed by atoms with Crippen molar-refractivity contribution >= 4 is 65.3 Å². The molecule has 4 atom stereocenters. The first-order valence-corrected chi connectivity index (χ1v) is 18.8. The molecule has 2 rings (SSSR count). The third-order valence-electron chi connectivity index (χ3n) is 8.43. The fourth-order valence-corrected chi connectivity index (χ4v) is 5.39. The molecule has 0 aromatic heterocycles. The van der Waals surface area contributed by atoms with Crippen LogP contribution in [0.15, 0.2) is 41.0 Å². The van der Waals surface area contributed by atoms with Crippen molar-refractivity contribution in [3.05, 3.63) is 41.6 Å². The van der Waals surface area contributed by atoms with Crippen molar-refractivity contribution in [1.29, 1.82) is 0 Å². The van der Waals surface area contributed by atoms with Gasteiger partial charge >= 0.3 is 30.1 Å². The Balaban J connectivity index is 2.43. The third-order valence-corrected chi connectivity index (χ3v) is 8.43. The Bertz CT molecular complexity index is 1860. The van der Waals surface area contributed by atoms with E-state index in [0.29, 0.717) is 5.56 Å². The number of amides is 8. The zero-order chi connectivity index (χ0) is 46.6. The van der Waals surface area contributed by atoms with Gasteiger partial charge in [0.15, 0.2) is 5.96 Å². The number of carbonyl (C=O) groups excluding carboxylic acids is 8. The summed E-state index contributed by atoms with van der Waals surface area (Å²) in [5.74, 6) is -13.5. The van der Waals surface area contributed by atoms with Gasteiger partial charge in [0, 0.05) is 13.1 Å². The lowest BCUT2D eigenvalue weighted by molar-refractivity contribution is -0.174. The third kappa shape index (κ3) is 18.7. The van der Waals surface area contributed by atoms with Crippen LogP contribution in [0.2, 0.25) is 0 Å². The number of nitrogens with zero attached hydrogens (tertiary/aromatic N) is 1. The number of benzene rings is 1. The average molecular weight is 893 g/mol. The lowest BCUT2D eigenvalue weighted by Gasteiger charge is -2.24. The minimum atomic E-state index is -5.27. The molecule has 1 aromatic carbocycles. The highest BCUT2D eigenvalue weighted by atomic mass is 19.4. The number of aliphatic imine (C=N–C) groups is 1. The molecule has 0 aliphatic carbocycles. The molecule has 8 amide bonds. The minimum absolute atomic E-state index is 0.00367. The lowest BCUT2D eigenvalue weighted by Crippen LogP contribution is -2.54. The van der Waals surface area contributed by atoms with E-state index in [1.807, 2.05) is 0 Å². The van der Waals surface area contributed by atoms with Crippen LogP contribution in [-0.2, 0) is 43.2 Å². The van der Waals surface area contributed by atoms with Crippen LogP contribution in [0.3, 0.4) is 0 Å². The molecule has 1 aliphatic rings. The summed E-state index contributed by atoms with van der Waals surface area (Å²) in [6.07, 6.45) is -10.9. The number of carboxylic acids is 1. The van der Waals surface area contributed by atoms with Crippen molar-refractivity contribution < 1.29 is 74.6 Å². The van der Waals surface area contributed by atoms with Crippen LogP contribution in [0.5, 0.6) is 0 Å². The molecule has 342 valence electrons. The molecule has 0 saturated carbocycles. The Kier molecular flexibility index (Phi) is 20.3. The number of rotatable bonds is 16. The predicted octanol–water partition coefficient (Wildman–Crippen LogP) is -0.890. The minimum Gasteiger partial charge on any atom is -0.481 e. The summed E-state index contributed by atoms with van der Waals surface area (Å²) >= 11 is 0. The number of hydrogen-bond acceptors (Lipinski definition) is 10. The van der Waals surface area contributed by atoms with Gasteiger partial charge in [-0.25, -0.2) is 0 Å². The molecule has 0 unspecified atom stereocenters. The Morgan fingerprint density at radius 1 is 0.855 bits per heavy atom. The number of nitrogens with two attached hydrogens (primary N) is 1. The molecular weight excluding hydrogens is 846 g/mol. The van der Waals surface area contributed by atoms with Gasteiger partial charge < -0.3 is 48.1 Å². The SMILES string of the molecule is CCC[C@H](NC(=O)C(F)(F)F)C(=O)NCCCC[C@@H]1NC(=O)C(=Cc2ccccc2)NC(=O)[C@H](CC(=O)O)NC(=O)CNC(=O)[C@H](CCCN=C(N)NC(=O)C(F)(F)F)NC1=O. The molecule has 11 N–H and O–H groups in total. The maximum Gasteiger partial charge on any atom is 0.471 e. The lowest BCUT2D eigenvalue weighted by atomic mass is 10.1. The fourth-order valence-electron chi connectivity index (χ4n) is 5.39. The summed E-state index contributed by atoms with van der Waals surface area (Å²) < 4.78 is 76.2. The number of alkyl halides is 6. The van der Waals surface area contributed by atoms with Gasteiger partial charge in [-0.1, -0.05) is 43.7 Å². The molecule has 1 heterocycles. The Morgan fingerprint density at radius 2 is 1.48 bits per heavy atom. The molecule has 1 fully saturated rings. The molecule has 1 saturated heterocycles. The van der Waals surface area contributed by atoms with Gasteiger partial charge in [0.05, 0.1) is 13.0 Å². The van der Waals surface area contributed by atoms with Crippen LogP contribution in [0.25, 0.3) is 6.08 Å². The van der Waals surface area contributed by atoms with Gasteiger partial charge in [-0.05, 0) is 50.2 Å². The molecule has 62 heavy (non-hydrogen) atoms. The largest absolute Gasteiger partial charge is 0.481 e. The van der Waals surface area contributed by atoms with E-state index in [9.17, 15) is 74.6 Å². The van der Waals surface area contributed by atoms with Crippen molar-refractivity contribution in [2.24, 2.45) is 10.7 Å². The van der Waals surface area contributed by atoms with E-state index in [2.05, 4.69) is 36.9 Å². The molecule has 1 aliphatic heterocycles. The second-order valence-corrected chi connectivity index (χ2v) is 13.4. The van der Waals surface area contributed by atoms with E-state index in [1.165, 1.54) is 23.5 Å². The number of unbranched alkanes of at least 4 members (excludes halogenated alkanes) is 1. The van der Waals surface area contributed by atoms with Gasteiger partial charge in [-0.15, -0.1) is 0 Å². The topological polar surface area (TPSA) is 308 Å². The number of nitrogens with one attached hydrogen (secondary N) is 8. The first kappa shape index (κ1) is 51.4. The van der Waals surface area contributed by atoms with E-state index in [4.69, 9.17) is 5.73 Å². The van der Waals surface area contributed by atoms with Crippen LogP contribution < -0.4 is 48.3 Å². The zero-order valence-corrected chi connectivity index (χ0v) is 33.0.